The number of nitrogens with zero attached hydrogens (tertiary/aromatic N) is 2. The van der Waals surface area contributed by atoms with Crippen molar-refractivity contribution in [2.45, 2.75) is 38.1 Å². The van der Waals surface area contributed by atoms with Gasteiger partial charge in [-0.05, 0) is 49.5 Å². The Morgan fingerprint density at radius 1 is 1.11 bits per heavy atom. The molecule has 27 heavy (non-hydrogen) atoms. The molecule has 5 nitrogen and oxygen atoms in total. The first kappa shape index (κ1) is 18.9. The zero-order valence-corrected chi connectivity index (χ0v) is 16.7. The zero-order valence-electron chi connectivity index (χ0n) is 16.7. The van der Waals surface area contributed by atoms with Crippen LogP contribution in [0.15, 0.2) is 24.3 Å². The number of rotatable bonds is 5. The van der Waals surface area contributed by atoms with Crippen LogP contribution in [0.25, 0.3) is 0 Å². The summed E-state index contributed by atoms with van der Waals surface area (Å²) in [5, 5.41) is 6.78. The lowest BCUT2D eigenvalue weighted by Gasteiger charge is -2.45. The molecular formula is C22H34N4O. The molecular weight excluding hydrogens is 336 g/mol. The van der Waals surface area contributed by atoms with E-state index in [-0.39, 0.29) is 5.91 Å². The van der Waals surface area contributed by atoms with Crippen LogP contribution < -0.4 is 10.6 Å². The highest BCUT2D eigenvalue weighted by Crippen LogP contribution is 2.35. The van der Waals surface area contributed by atoms with Crippen LogP contribution in [0, 0.1) is 5.92 Å². The Hall–Kier alpha value is -1.43. The topological polar surface area (TPSA) is 47.6 Å². The number of hydrogen-bond acceptors (Lipinski definition) is 4. The normalized spacial score (nSPS) is 23.9. The van der Waals surface area contributed by atoms with E-state index in [1.54, 1.807) is 0 Å². The molecule has 2 aliphatic heterocycles. The Balaban J connectivity index is 1.49. The summed E-state index contributed by atoms with van der Waals surface area (Å²) in [6, 6.07) is 8.63. The van der Waals surface area contributed by atoms with E-state index < -0.39 is 5.54 Å². The van der Waals surface area contributed by atoms with Crippen LogP contribution in [0.2, 0.25) is 0 Å². The molecule has 148 valence electrons. The number of carbonyl (C=O) groups is 1. The predicted molar refractivity (Wildman–Crippen MR) is 109 cm³/mol. The molecule has 1 aromatic rings. The molecule has 0 spiro atoms. The summed E-state index contributed by atoms with van der Waals surface area (Å²) in [5.41, 5.74) is 2.32. The van der Waals surface area contributed by atoms with Gasteiger partial charge in [-0.3, -0.25) is 9.69 Å². The van der Waals surface area contributed by atoms with E-state index in [9.17, 15) is 4.79 Å². The first-order valence-corrected chi connectivity index (χ1v) is 10.7. The van der Waals surface area contributed by atoms with E-state index in [2.05, 4.69) is 51.6 Å². The molecule has 0 aromatic heterocycles. The predicted octanol–water partition coefficient (Wildman–Crippen LogP) is 1.28. The van der Waals surface area contributed by atoms with Gasteiger partial charge >= 0.3 is 0 Å². The van der Waals surface area contributed by atoms with Gasteiger partial charge in [0.1, 0.15) is 5.54 Å². The van der Waals surface area contributed by atoms with E-state index in [4.69, 9.17) is 0 Å². The molecule has 2 fully saturated rings. The minimum atomic E-state index is -0.392. The fourth-order valence-electron chi connectivity index (χ4n) is 5.10. The SMILES string of the molecule is CCN1CCN(C2(C(=O)NCC3CCNCC3)Cc3ccccc3C2)CC1. The fourth-order valence-corrected chi connectivity index (χ4v) is 5.10. The average molecular weight is 371 g/mol. The molecule has 3 aliphatic rings. The number of hydrogen-bond donors (Lipinski definition) is 2. The number of amides is 1. The van der Waals surface area contributed by atoms with E-state index in [1.165, 1.54) is 24.0 Å². The highest BCUT2D eigenvalue weighted by Gasteiger charge is 2.48. The first-order valence-electron chi connectivity index (χ1n) is 10.7. The highest BCUT2D eigenvalue weighted by atomic mass is 16.2. The highest BCUT2D eigenvalue weighted by molar-refractivity contribution is 5.88. The van der Waals surface area contributed by atoms with Crippen molar-refractivity contribution in [1.82, 2.24) is 20.4 Å². The Kier molecular flexibility index (Phi) is 5.81. The van der Waals surface area contributed by atoms with Crippen LogP contribution in [-0.2, 0) is 17.6 Å². The molecule has 4 rings (SSSR count). The largest absolute Gasteiger partial charge is 0.354 e. The summed E-state index contributed by atoms with van der Waals surface area (Å²) in [5.74, 6) is 0.871. The van der Waals surface area contributed by atoms with E-state index in [1.807, 2.05) is 0 Å². The number of likely N-dealkylation sites (N-methyl/N-ethyl adjacent to an activating group) is 1. The molecule has 0 unspecified atom stereocenters. The minimum Gasteiger partial charge on any atom is -0.354 e. The Morgan fingerprint density at radius 3 is 2.33 bits per heavy atom. The lowest BCUT2D eigenvalue weighted by atomic mass is 9.90. The number of fused-ring (bicyclic) bond motifs is 1. The van der Waals surface area contributed by atoms with Gasteiger partial charge in [-0.1, -0.05) is 31.2 Å². The van der Waals surface area contributed by atoms with Crippen LogP contribution in [0.3, 0.4) is 0 Å². The van der Waals surface area contributed by atoms with Crippen molar-refractivity contribution in [1.29, 1.82) is 0 Å². The molecule has 1 amide bonds. The zero-order chi connectivity index (χ0) is 18.7. The Bertz CT molecular complexity index is 622. The van der Waals surface area contributed by atoms with Crippen LogP contribution in [-0.4, -0.2) is 73.6 Å². The van der Waals surface area contributed by atoms with Crippen molar-refractivity contribution >= 4 is 5.91 Å². The number of carbonyl (C=O) groups excluding carboxylic acids is 1. The van der Waals surface area contributed by atoms with Gasteiger partial charge in [-0.15, -0.1) is 0 Å². The van der Waals surface area contributed by atoms with E-state index in [0.717, 1.165) is 65.2 Å². The van der Waals surface area contributed by atoms with Crippen molar-refractivity contribution in [2.75, 3.05) is 52.4 Å². The molecule has 1 aromatic carbocycles. The third kappa shape index (κ3) is 3.91. The maximum Gasteiger partial charge on any atom is 0.241 e. The quantitative estimate of drug-likeness (QED) is 0.820. The van der Waals surface area contributed by atoms with Crippen molar-refractivity contribution < 1.29 is 4.79 Å². The van der Waals surface area contributed by atoms with Crippen LogP contribution in [0.1, 0.15) is 30.9 Å². The number of piperidine rings is 1. The summed E-state index contributed by atoms with van der Waals surface area (Å²) < 4.78 is 0. The summed E-state index contributed by atoms with van der Waals surface area (Å²) >= 11 is 0. The van der Waals surface area contributed by atoms with Crippen LogP contribution >= 0.6 is 0 Å². The maximum atomic E-state index is 13.5. The van der Waals surface area contributed by atoms with Gasteiger partial charge in [0.2, 0.25) is 5.91 Å². The minimum absolute atomic E-state index is 0.252. The molecule has 0 saturated carbocycles. The van der Waals surface area contributed by atoms with Gasteiger partial charge in [0.15, 0.2) is 0 Å². The molecule has 0 atom stereocenters. The first-order chi connectivity index (χ1) is 13.2. The van der Waals surface area contributed by atoms with Gasteiger partial charge < -0.3 is 15.5 Å². The maximum absolute atomic E-state index is 13.5. The van der Waals surface area contributed by atoms with Gasteiger partial charge in [0.05, 0.1) is 0 Å². The van der Waals surface area contributed by atoms with Crippen molar-refractivity contribution in [3.8, 4) is 0 Å². The molecule has 1 aliphatic carbocycles. The Labute approximate surface area is 163 Å². The molecule has 2 saturated heterocycles. The second-order valence-corrected chi connectivity index (χ2v) is 8.48. The third-order valence-corrected chi connectivity index (χ3v) is 6.94. The van der Waals surface area contributed by atoms with Gasteiger partial charge in [-0.2, -0.15) is 0 Å². The number of nitrogens with one attached hydrogen (secondary N) is 2. The summed E-state index contributed by atoms with van der Waals surface area (Å²) in [6.07, 6.45) is 4.05. The summed E-state index contributed by atoms with van der Waals surface area (Å²) in [7, 11) is 0. The van der Waals surface area contributed by atoms with Gasteiger partial charge in [0.25, 0.3) is 0 Å². The Morgan fingerprint density at radius 2 is 1.74 bits per heavy atom. The van der Waals surface area contributed by atoms with Gasteiger partial charge in [0, 0.05) is 45.6 Å². The van der Waals surface area contributed by atoms with Crippen molar-refractivity contribution in [3.05, 3.63) is 35.4 Å². The average Bonchev–Trinajstić information content (AvgIpc) is 3.14. The van der Waals surface area contributed by atoms with Crippen LogP contribution in [0.5, 0.6) is 0 Å². The number of piperazine rings is 1. The summed E-state index contributed by atoms with van der Waals surface area (Å²) in [6.45, 7) is 10.4. The lowest BCUT2D eigenvalue weighted by Crippen LogP contribution is -2.64. The van der Waals surface area contributed by atoms with Crippen LogP contribution in [0.4, 0.5) is 0 Å². The van der Waals surface area contributed by atoms with Crippen molar-refractivity contribution in [2.24, 2.45) is 5.92 Å². The third-order valence-electron chi connectivity index (χ3n) is 6.94. The van der Waals surface area contributed by atoms with Gasteiger partial charge in [-0.25, -0.2) is 0 Å². The van der Waals surface area contributed by atoms with Crippen molar-refractivity contribution in [3.63, 3.8) is 0 Å². The molecule has 2 heterocycles. The second-order valence-electron chi connectivity index (χ2n) is 8.48. The second kappa shape index (κ2) is 8.29. The standard InChI is InChI=1S/C22H34N4O/c1-2-25-11-13-26(14-12-25)22(15-19-5-3-4-6-20(19)16-22)21(27)24-17-18-7-9-23-10-8-18/h3-6,18,23H,2,7-17H2,1H3,(H,24,27). The fraction of sp³-hybridized carbons (Fsp3) is 0.682. The molecule has 5 heteroatoms. The van der Waals surface area contributed by atoms with E-state index in [0.29, 0.717) is 5.92 Å². The smallest absolute Gasteiger partial charge is 0.241 e. The monoisotopic (exact) mass is 370 g/mol. The van der Waals surface area contributed by atoms with E-state index >= 15 is 0 Å². The summed E-state index contributed by atoms with van der Waals surface area (Å²) in [4.78, 5) is 18.5. The number of benzene rings is 1. The molecule has 2 N–H and O–H groups in total. The lowest BCUT2D eigenvalue weighted by molar-refractivity contribution is -0.135. The molecule has 0 radical (unpaired) electrons. The molecule has 0 bridgehead atoms.